The summed E-state index contributed by atoms with van der Waals surface area (Å²) in [4.78, 5) is 46.2. The molecule has 0 saturated carbocycles. The van der Waals surface area contributed by atoms with Crippen molar-refractivity contribution in [1.82, 2.24) is 20.5 Å². The van der Waals surface area contributed by atoms with Crippen LogP contribution in [0.25, 0.3) is 0 Å². The summed E-state index contributed by atoms with van der Waals surface area (Å²) >= 11 is 0. The van der Waals surface area contributed by atoms with Crippen LogP contribution in [0.1, 0.15) is 40.9 Å². The fraction of sp³-hybridized carbons (Fsp3) is 0.440. The quantitative estimate of drug-likeness (QED) is 0.567. The molecule has 3 heterocycles. The van der Waals surface area contributed by atoms with Crippen molar-refractivity contribution in [2.24, 2.45) is 0 Å². The maximum absolute atomic E-state index is 13.2. The Morgan fingerprint density at radius 1 is 1.21 bits per heavy atom. The van der Waals surface area contributed by atoms with Crippen LogP contribution in [0.2, 0.25) is 0 Å². The third-order valence-corrected chi connectivity index (χ3v) is 6.18. The lowest BCUT2D eigenvalue weighted by molar-refractivity contribution is -0.143. The number of benzene rings is 1. The third-order valence-electron chi connectivity index (χ3n) is 6.18. The molecule has 34 heavy (non-hydrogen) atoms. The van der Waals surface area contributed by atoms with E-state index < -0.39 is 12.0 Å². The summed E-state index contributed by atoms with van der Waals surface area (Å²) in [5, 5.41) is 6.22. The minimum Gasteiger partial charge on any atom is -0.466 e. The Hall–Kier alpha value is -3.46. The highest BCUT2D eigenvalue weighted by Gasteiger charge is 2.28. The second kappa shape index (κ2) is 11.1. The van der Waals surface area contributed by atoms with Gasteiger partial charge in [-0.15, -0.1) is 0 Å². The van der Waals surface area contributed by atoms with Crippen molar-refractivity contribution >= 4 is 23.5 Å². The van der Waals surface area contributed by atoms with Crippen molar-refractivity contribution in [3.05, 3.63) is 59.4 Å². The molecule has 0 radical (unpaired) electrons. The van der Waals surface area contributed by atoms with E-state index in [-0.39, 0.29) is 31.4 Å². The number of nitrogens with one attached hydrogen (secondary N) is 2. The van der Waals surface area contributed by atoms with Gasteiger partial charge in [0.2, 0.25) is 5.91 Å². The Labute approximate surface area is 199 Å². The Morgan fingerprint density at radius 2 is 2.03 bits per heavy atom. The van der Waals surface area contributed by atoms with Gasteiger partial charge >= 0.3 is 5.97 Å². The Bertz CT molecular complexity index is 1020. The van der Waals surface area contributed by atoms with Gasteiger partial charge < -0.3 is 25.2 Å². The zero-order chi connectivity index (χ0) is 23.9. The van der Waals surface area contributed by atoms with E-state index in [1.807, 2.05) is 12.1 Å². The van der Waals surface area contributed by atoms with Crippen molar-refractivity contribution in [3.63, 3.8) is 0 Å². The number of pyridine rings is 1. The summed E-state index contributed by atoms with van der Waals surface area (Å²) in [7, 11) is 0. The number of fused-ring (bicyclic) bond motifs is 1. The summed E-state index contributed by atoms with van der Waals surface area (Å²) in [6, 6.07) is 9.03. The number of piperazine rings is 1. The summed E-state index contributed by atoms with van der Waals surface area (Å²) < 4.78 is 5.06. The van der Waals surface area contributed by atoms with Gasteiger partial charge in [-0.25, -0.2) is 0 Å². The van der Waals surface area contributed by atoms with Crippen molar-refractivity contribution < 1.29 is 19.1 Å². The van der Waals surface area contributed by atoms with Gasteiger partial charge in [-0.3, -0.25) is 19.4 Å². The minimum absolute atomic E-state index is 0.00386. The molecule has 2 amide bonds. The number of esters is 1. The first-order chi connectivity index (χ1) is 16.5. The Morgan fingerprint density at radius 3 is 2.76 bits per heavy atom. The van der Waals surface area contributed by atoms with Gasteiger partial charge in [-0.2, -0.15) is 0 Å². The van der Waals surface area contributed by atoms with Crippen LogP contribution in [0.4, 0.5) is 5.69 Å². The molecule has 9 heteroatoms. The predicted octanol–water partition coefficient (Wildman–Crippen LogP) is 1.30. The molecule has 1 atom stereocenters. The van der Waals surface area contributed by atoms with Crippen molar-refractivity contribution in [2.75, 3.05) is 50.8 Å². The molecule has 1 aromatic heterocycles. The van der Waals surface area contributed by atoms with Gasteiger partial charge in [-0.1, -0.05) is 12.1 Å². The molecule has 1 fully saturated rings. The molecule has 4 rings (SSSR count). The SMILES string of the molecule is CCOC(=O)C[C@H](NC(=O)CN1CCc2ccc(N3CCNCC3)cc2C1=O)c1cccnc1. The molecule has 2 aliphatic rings. The number of hydrogen-bond acceptors (Lipinski definition) is 7. The second-order valence-electron chi connectivity index (χ2n) is 8.47. The number of carbonyl (C=O) groups is 3. The van der Waals surface area contributed by atoms with Gasteiger partial charge in [0.25, 0.3) is 5.91 Å². The molecule has 2 aromatic rings. The Balaban J connectivity index is 1.43. The lowest BCUT2D eigenvalue weighted by Gasteiger charge is -2.32. The molecule has 0 unspecified atom stereocenters. The van der Waals surface area contributed by atoms with E-state index in [0.717, 1.165) is 37.4 Å². The summed E-state index contributed by atoms with van der Waals surface area (Å²) in [6.07, 6.45) is 3.94. The van der Waals surface area contributed by atoms with Crippen LogP contribution in [-0.4, -0.2) is 73.5 Å². The maximum Gasteiger partial charge on any atom is 0.308 e. The highest BCUT2D eigenvalue weighted by Crippen LogP contribution is 2.25. The zero-order valence-electron chi connectivity index (χ0n) is 19.5. The molecule has 180 valence electrons. The molecular formula is C25H31N5O4. The molecule has 0 bridgehead atoms. The number of rotatable bonds is 8. The smallest absolute Gasteiger partial charge is 0.308 e. The summed E-state index contributed by atoms with van der Waals surface area (Å²) in [6.45, 7) is 6.04. The van der Waals surface area contributed by atoms with E-state index in [9.17, 15) is 14.4 Å². The van der Waals surface area contributed by atoms with E-state index >= 15 is 0 Å². The van der Waals surface area contributed by atoms with E-state index in [4.69, 9.17) is 4.74 Å². The first-order valence-electron chi connectivity index (χ1n) is 11.8. The van der Waals surface area contributed by atoms with E-state index in [1.54, 1.807) is 36.4 Å². The molecule has 2 N–H and O–H groups in total. The van der Waals surface area contributed by atoms with Crippen LogP contribution < -0.4 is 15.5 Å². The fourth-order valence-electron chi connectivity index (χ4n) is 4.41. The topological polar surface area (TPSA) is 104 Å². The molecular weight excluding hydrogens is 434 g/mol. The third kappa shape index (κ3) is 5.72. The molecule has 0 spiro atoms. The number of hydrogen-bond donors (Lipinski definition) is 2. The number of carbonyl (C=O) groups excluding carboxylic acids is 3. The number of amides is 2. The highest BCUT2D eigenvalue weighted by molar-refractivity contribution is 5.99. The average molecular weight is 466 g/mol. The number of aromatic nitrogens is 1. The van der Waals surface area contributed by atoms with Crippen molar-refractivity contribution in [1.29, 1.82) is 0 Å². The largest absolute Gasteiger partial charge is 0.466 e. The van der Waals surface area contributed by atoms with Crippen LogP contribution in [0.5, 0.6) is 0 Å². The number of ether oxygens (including phenoxy) is 1. The second-order valence-corrected chi connectivity index (χ2v) is 8.47. The lowest BCUT2D eigenvalue weighted by atomic mass is 9.97. The van der Waals surface area contributed by atoms with Gasteiger partial charge in [0.15, 0.2) is 0 Å². The number of anilines is 1. The summed E-state index contributed by atoms with van der Waals surface area (Å²) in [5.74, 6) is -0.870. The normalized spacial score (nSPS) is 16.6. The summed E-state index contributed by atoms with van der Waals surface area (Å²) in [5.41, 5.74) is 3.41. The van der Waals surface area contributed by atoms with Crippen LogP contribution in [-0.2, 0) is 20.7 Å². The Kier molecular flexibility index (Phi) is 7.74. The van der Waals surface area contributed by atoms with Crippen molar-refractivity contribution in [2.45, 2.75) is 25.8 Å². The van der Waals surface area contributed by atoms with Crippen LogP contribution in [0, 0.1) is 0 Å². The van der Waals surface area contributed by atoms with E-state index in [2.05, 4.69) is 26.6 Å². The zero-order valence-corrected chi connectivity index (χ0v) is 19.5. The lowest BCUT2D eigenvalue weighted by Crippen LogP contribution is -2.46. The van der Waals surface area contributed by atoms with Crippen molar-refractivity contribution in [3.8, 4) is 0 Å². The van der Waals surface area contributed by atoms with Crippen LogP contribution in [0.3, 0.4) is 0 Å². The maximum atomic E-state index is 13.2. The highest BCUT2D eigenvalue weighted by atomic mass is 16.5. The first kappa shape index (κ1) is 23.7. The predicted molar refractivity (Wildman–Crippen MR) is 128 cm³/mol. The minimum atomic E-state index is -0.577. The molecule has 0 aliphatic carbocycles. The average Bonchev–Trinajstić information content (AvgIpc) is 2.86. The van der Waals surface area contributed by atoms with Gasteiger partial charge in [0.1, 0.15) is 0 Å². The fourth-order valence-corrected chi connectivity index (χ4v) is 4.41. The monoisotopic (exact) mass is 465 g/mol. The molecule has 9 nitrogen and oxygen atoms in total. The van der Waals surface area contributed by atoms with E-state index in [0.29, 0.717) is 24.1 Å². The standard InChI is InChI=1S/C25H31N5O4/c1-2-34-24(32)15-22(19-4-3-8-27-16-19)28-23(31)17-30-11-7-18-5-6-20(14-21(18)25(30)33)29-12-9-26-10-13-29/h3-6,8,14,16,22,26H,2,7,9-13,15,17H2,1H3,(H,28,31)/t22-/m0/s1. The van der Waals surface area contributed by atoms with Crippen LogP contribution >= 0.6 is 0 Å². The van der Waals surface area contributed by atoms with Gasteiger partial charge in [0, 0.05) is 56.4 Å². The first-order valence-corrected chi connectivity index (χ1v) is 11.8. The number of nitrogens with zero attached hydrogens (tertiary/aromatic N) is 3. The molecule has 1 saturated heterocycles. The molecule has 2 aliphatic heterocycles. The van der Waals surface area contributed by atoms with Gasteiger partial charge in [-0.05, 0) is 42.7 Å². The van der Waals surface area contributed by atoms with E-state index in [1.165, 1.54) is 0 Å². The van der Waals surface area contributed by atoms with Gasteiger partial charge in [0.05, 0.1) is 25.6 Å². The molecule has 1 aromatic carbocycles. The van der Waals surface area contributed by atoms with Crippen LogP contribution in [0.15, 0.2) is 42.7 Å².